The molecule has 1 amide bonds. The molecule has 4 nitrogen and oxygen atoms in total. The maximum absolute atomic E-state index is 13.9. The molecule has 21 heavy (non-hydrogen) atoms. The second-order valence-corrected chi connectivity index (χ2v) is 6.12. The number of carbonyl (C=O) groups is 1. The van der Waals surface area contributed by atoms with Crippen molar-refractivity contribution in [1.82, 2.24) is 10.2 Å². The molecule has 2 aliphatic heterocycles. The van der Waals surface area contributed by atoms with Gasteiger partial charge in [0, 0.05) is 18.7 Å². The molecular weight excluding hydrogens is 271 g/mol. The van der Waals surface area contributed by atoms with Gasteiger partial charge in [0.2, 0.25) is 5.91 Å². The molecule has 2 saturated heterocycles. The van der Waals surface area contributed by atoms with Crippen molar-refractivity contribution in [2.75, 3.05) is 32.8 Å². The third-order valence-electron chi connectivity index (χ3n) is 4.49. The second kappa shape index (κ2) is 5.73. The smallest absolute Gasteiger partial charge is 0.230 e. The molecule has 5 heteroatoms. The van der Waals surface area contributed by atoms with Gasteiger partial charge in [-0.15, -0.1) is 0 Å². The minimum absolute atomic E-state index is 0.150. The van der Waals surface area contributed by atoms with E-state index in [0.717, 1.165) is 13.0 Å². The molecule has 0 saturated carbocycles. The first-order chi connectivity index (χ1) is 10.1. The molecule has 2 aliphatic rings. The van der Waals surface area contributed by atoms with E-state index in [2.05, 4.69) is 5.32 Å². The zero-order chi connectivity index (χ0) is 14.9. The summed E-state index contributed by atoms with van der Waals surface area (Å²) in [4.78, 5) is 14.5. The van der Waals surface area contributed by atoms with Gasteiger partial charge < -0.3 is 15.0 Å². The molecule has 0 aliphatic carbocycles. The molecule has 1 aromatic rings. The maximum Gasteiger partial charge on any atom is 0.230 e. The Morgan fingerprint density at radius 3 is 3.00 bits per heavy atom. The van der Waals surface area contributed by atoms with Gasteiger partial charge in [-0.05, 0) is 26.0 Å². The number of benzene rings is 1. The molecule has 114 valence electrons. The standard InChI is InChI=1S/C16H21FN2O2/c1-16(6-7-18-11-16)15(20)19-8-9-21-14(10-19)12-4-2-3-5-13(12)17/h2-5,14,18H,6-11H2,1H3/t14-,16-/m0/s1. The van der Waals surface area contributed by atoms with Crippen molar-refractivity contribution in [1.29, 1.82) is 0 Å². The summed E-state index contributed by atoms with van der Waals surface area (Å²) in [6.45, 7) is 5.06. The van der Waals surface area contributed by atoms with Crippen LogP contribution in [0.3, 0.4) is 0 Å². The Bertz CT molecular complexity index is 529. The molecule has 0 unspecified atom stereocenters. The minimum Gasteiger partial charge on any atom is -0.370 e. The third kappa shape index (κ3) is 2.80. The Kier molecular flexibility index (Phi) is 3.95. The largest absolute Gasteiger partial charge is 0.370 e. The summed E-state index contributed by atoms with van der Waals surface area (Å²) in [5.74, 6) is -0.123. The minimum atomic E-state index is -0.373. The van der Waals surface area contributed by atoms with Crippen molar-refractivity contribution in [3.8, 4) is 0 Å². The Hall–Kier alpha value is -1.46. The van der Waals surface area contributed by atoms with E-state index in [0.29, 0.717) is 31.8 Å². The first-order valence-electron chi connectivity index (χ1n) is 7.46. The predicted octanol–water partition coefficient (Wildman–Crippen LogP) is 1.73. The number of amides is 1. The van der Waals surface area contributed by atoms with Gasteiger partial charge in [-0.2, -0.15) is 0 Å². The lowest BCUT2D eigenvalue weighted by atomic mass is 9.87. The van der Waals surface area contributed by atoms with Gasteiger partial charge in [0.1, 0.15) is 11.9 Å². The first kappa shape index (κ1) is 14.5. The second-order valence-electron chi connectivity index (χ2n) is 6.12. The monoisotopic (exact) mass is 292 g/mol. The molecule has 0 aromatic heterocycles. The van der Waals surface area contributed by atoms with Crippen molar-refractivity contribution >= 4 is 5.91 Å². The average Bonchev–Trinajstić information content (AvgIpc) is 2.95. The van der Waals surface area contributed by atoms with E-state index in [1.54, 1.807) is 18.2 Å². The predicted molar refractivity (Wildman–Crippen MR) is 77.3 cm³/mol. The summed E-state index contributed by atoms with van der Waals surface area (Å²) in [5, 5.41) is 3.25. The van der Waals surface area contributed by atoms with Crippen LogP contribution >= 0.6 is 0 Å². The highest BCUT2D eigenvalue weighted by Crippen LogP contribution is 2.31. The van der Waals surface area contributed by atoms with Crippen LogP contribution in [0.4, 0.5) is 4.39 Å². The number of nitrogens with one attached hydrogen (secondary N) is 1. The highest BCUT2D eigenvalue weighted by Gasteiger charge is 2.40. The van der Waals surface area contributed by atoms with Crippen LogP contribution in [0.1, 0.15) is 25.0 Å². The lowest BCUT2D eigenvalue weighted by Gasteiger charge is -2.37. The van der Waals surface area contributed by atoms with Crippen LogP contribution in [0.25, 0.3) is 0 Å². The Morgan fingerprint density at radius 1 is 1.48 bits per heavy atom. The van der Waals surface area contributed by atoms with Crippen molar-refractivity contribution in [2.24, 2.45) is 5.41 Å². The van der Waals surface area contributed by atoms with Crippen LogP contribution in [-0.2, 0) is 9.53 Å². The van der Waals surface area contributed by atoms with Gasteiger partial charge in [-0.25, -0.2) is 4.39 Å². The van der Waals surface area contributed by atoms with Crippen LogP contribution in [-0.4, -0.2) is 43.6 Å². The van der Waals surface area contributed by atoms with E-state index in [4.69, 9.17) is 4.74 Å². The lowest BCUT2D eigenvalue weighted by molar-refractivity contribution is -0.148. The van der Waals surface area contributed by atoms with Gasteiger partial charge in [0.25, 0.3) is 0 Å². The number of carbonyl (C=O) groups excluding carboxylic acids is 1. The van der Waals surface area contributed by atoms with Crippen molar-refractivity contribution in [3.05, 3.63) is 35.6 Å². The maximum atomic E-state index is 13.9. The summed E-state index contributed by atoms with van der Waals surface area (Å²) in [6.07, 6.45) is 0.481. The molecule has 3 rings (SSSR count). The Morgan fingerprint density at radius 2 is 2.29 bits per heavy atom. The van der Waals surface area contributed by atoms with Crippen molar-refractivity contribution in [3.63, 3.8) is 0 Å². The fourth-order valence-corrected chi connectivity index (χ4v) is 3.14. The fourth-order valence-electron chi connectivity index (χ4n) is 3.14. The molecule has 0 spiro atoms. The van der Waals surface area contributed by atoms with Gasteiger partial charge >= 0.3 is 0 Å². The molecular formula is C16H21FN2O2. The van der Waals surface area contributed by atoms with E-state index in [-0.39, 0.29) is 23.2 Å². The van der Waals surface area contributed by atoms with E-state index in [9.17, 15) is 9.18 Å². The SMILES string of the molecule is C[C@]1(C(=O)N2CCO[C@H](c3ccccc3F)C2)CCNC1. The average molecular weight is 292 g/mol. The van der Waals surface area contributed by atoms with Gasteiger partial charge in [-0.1, -0.05) is 18.2 Å². The summed E-state index contributed by atoms with van der Waals surface area (Å²) < 4.78 is 19.6. The molecule has 0 radical (unpaired) electrons. The number of hydrogen-bond acceptors (Lipinski definition) is 3. The Balaban J connectivity index is 1.74. The number of ether oxygens (including phenoxy) is 1. The first-order valence-corrected chi connectivity index (χ1v) is 7.46. The van der Waals surface area contributed by atoms with E-state index in [1.807, 2.05) is 11.8 Å². The van der Waals surface area contributed by atoms with E-state index in [1.165, 1.54) is 6.07 Å². The van der Waals surface area contributed by atoms with Crippen molar-refractivity contribution < 1.29 is 13.9 Å². The Labute approximate surface area is 124 Å². The van der Waals surface area contributed by atoms with Gasteiger partial charge in [-0.3, -0.25) is 4.79 Å². The van der Waals surface area contributed by atoms with Crippen LogP contribution in [0, 0.1) is 11.2 Å². The summed E-state index contributed by atoms with van der Waals surface area (Å²) >= 11 is 0. The molecule has 2 atom stereocenters. The summed E-state index contributed by atoms with van der Waals surface area (Å²) in [5.41, 5.74) is 0.196. The molecule has 1 aromatic carbocycles. The topological polar surface area (TPSA) is 41.6 Å². The summed E-state index contributed by atoms with van der Waals surface area (Å²) in [6, 6.07) is 6.62. The molecule has 2 heterocycles. The van der Waals surface area contributed by atoms with Crippen LogP contribution in [0.15, 0.2) is 24.3 Å². The lowest BCUT2D eigenvalue weighted by Crippen LogP contribution is -2.49. The van der Waals surface area contributed by atoms with Crippen LogP contribution in [0.5, 0.6) is 0 Å². The quantitative estimate of drug-likeness (QED) is 0.902. The number of hydrogen-bond donors (Lipinski definition) is 1. The summed E-state index contributed by atoms with van der Waals surface area (Å²) in [7, 11) is 0. The zero-order valence-corrected chi connectivity index (χ0v) is 12.3. The molecule has 1 N–H and O–H groups in total. The number of nitrogens with zero attached hydrogens (tertiary/aromatic N) is 1. The fraction of sp³-hybridized carbons (Fsp3) is 0.562. The number of rotatable bonds is 2. The number of halogens is 1. The normalized spacial score (nSPS) is 29.6. The van der Waals surface area contributed by atoms with Gasteiger partial charge in [0.05, 0.1) is 18.6 Å². The molecule has 2 fully saturated rings. The van der Waals surface area contributed by atoms with Crippen LogP contribution < -0.4 is 5.32 Å². The van der Waals surface area contributed by atoms with Gasteiger partial charge in [0.15, 0.2) is 0 Å². The van der Waals surface area contributed by atoms with E-state index < -0.39 is 0 Å². The highest BCUT2D eigenvalue weighted by atomic mass is 19.1. The van der Waals surface area contributed by atoms with Crippen molar-refractivity contribution in [2.45, 2.75) is 19.4 Å². The highest BCUT2D eigenvalue weighted by molar-refractivity contribution is 5.83. The number of morpholine rings is 1. The van der Waals surface area contributed by atoms with Crippen LogP contribution in [0.2, 0.25) is 0 Å². The third-order valence-corrected chi connectivity index (χ3v) is 4.49. The zero-order valence-electron chi connectivity index (χ0n) is 12.3. The molecule has 0 bridgehead atoms. The van der Waals surface area contributed by atoms with E-state index >= 15 is 0 Å².